The maximum Gasteiger partial charge on any atom is 0.231 e. The molecular formula is C9H12N2O2S. The molecule has 0 heterocycles. The number of carbonyl (C=O) groups excluding carboxylic acids is 1. The van der Waals surface area contributed by atoms with E-state index in [2.05, 4.69) is 4.72 Å². The summed E-state index contributed by atoms with van der Waals surface area (Å²) in [5, 5.41) is 0. The first-order valence-corrected chi connectivity index (χ1v) is 5.35. The number of anilines is 1. The predicted molar refractivity (Wildman–Crippen MR) is 55.7 cm³/mol. The van der Waals surface area contributed by atoms with Gasteiger partial charge >= 0.3 is 0 Å². The monoisotopic (exact) mass is 212 g/mol. The number of rotatable bonds is 3. The van der Waals surface area contributed by atoms with E-state index in [1.165, 1.54) is 0 Å². The van der Waals surface area contributed by atoms with Gasteiger partial charge in [-0.2, -0.15) is 0 Å². The fourth-order valence-electron chi connectivity index (χ4n) is 0.826. The molecule has 1 rings (SSSR count). The minimum Gasteiger partial charge on any atom is -0.399 e. The maximum absolute atomic E-state index is 11.5. The van der Waals surface area contributed by atoms with Crippen LogP contribution in [0, 0.1) is 0 Å². The van der Waals surface area contributed by atoms with Crippen molar-refractivity contribution in [3.63, 3.8) is 0 Å². The van der Waals surface area contributed by atoms with E-state index in [1.54, 1.807) is 31.2 Å². The third-order valence-electron chi connectivity index (χ3n) is 1.62. The number of carbonyl (C=O) groups is 1. The summed E-state index contributed by atoms with van der Waals surface area (Å²) >= 11 is 0. The number of nitrogens with two attached hydrogens (primary N) is 1. The molecule has 1 aromatic carbocycles. The van der Waals surface area contributed by atoms with Crippen LogP contribution in [0.4, 0.5) is 5.69 Å². The summed E-state index contributed by atoms with van der Waals surface area (Å²) in [5.74, 6) is -0.236. The van der Waals surface area contributed by atoms with Crippen LogP contribution in [-0.4, -0.2) is 10.1 Å². The van der Waals surface area contributed by atoms with Crippen LogP contribution in [0.25, 0.3) is 0 Å². The third kappa shape index (κ3) is 2.85. The first kappa shape index (κ1) is 10.7. The number of hydrogen-bond donors (Lipinski definition) is 2. The summed E-state index contributed by atoms with van der Waals surface area (Å²) < 4.78 is 13.8. The van der Waals surface area contributed by atoms with Crippen LogP contribution < -0.4 is 10.5 Å². The average Bonchev–Trinajstić information content (AvgIpc) is 2.18. The maximum atomic E-state index is 11.5. The third-order valence-corrected chi connectivity index (χ3v) is 2.74. The van der Waals surface area contributed by atoms with Crippen molar-refractivity contribution in [2.45, 2.75) is 18.2 Å². The molecule has 0 fully saturated rings. The molecule has 0 saturated heterocycles. The zero-order valence-corrected chi connectivity index (χ0v) is 8.64. The van der Waals surface area contributed by atoms with Gasteiger partial charge in [-0.1, -0.05) is 6.92 Å². The van der Waals surface area contributed by atoms with E-state index < -0.39 is 11.0 Å². The zero-order valence-electron chi connectivity index (χ0n) is 7.82. The van der Waals surface area contributed by atoms with Crippen molar-refractivity contribution < 1.29 is 9.00 Å². The van der Waals surface area contributed by atoms with Gasteiger partial charge in [-0.25, -0.2) is 4.21 Å². The van der Waals surface area contributed by atoms with E-state index in [0.717, 1.165) is 0 Å². The van der Waals surface area contributed by atoms with Gasteiger partial charge in [0.25, 0.3) is 0 Å². The van der Waals surface area contributed by atoms with E-state index in [-0.39, 0.29) is 5.91 Å². The Bertz CT molecular complexity index is 348. The van der Waals surface area contributed by atoms with Gasteiger partial charge in [0.2, 0.25) is 5.91 Å². The first-order chi connectivity index (χ1) is 6.63. The van der Waals surface area contributed by atoms with Gasteiger partial charge in [0.05, 0.1) is 4.90 Å². The summed E-state index contributed by atoms with van der Waals surface area (Å²) in [6.45, 7) is 1.70. The van der Waals surface area contributed by atoms with Crippen molar-refractivity contribution in [2.24, 2.45) is 0 Å². The SMILES string of the molecule is CCC(=O)NS(=O)c1ccc(N)cc1. The minimum atomic E-state index is -1.48. The molecule has 1 amide bonds. The normalized spacial score (nSPS) is 12.1. The fourth-order valence-corrected chi connectivity index (χ4v) is 1.68. The van der Waals surface area contributed by atoms with Gasteiger partial charge < -0.3 is 5.73 Å². The Morgan fingerprint density at radius 3 is 2.50 bits per heavy atom. The van der Waals surface area contributed by atoms with E-state index in [0.29, 0.717) is 17.0 Å². The molecule has 0 aliphatic heterocycles. The molecule has 0 spiro atoms. The second kappa shape index (κ2) is 4.76. The van der Waals surface area contributed by atoms with Crippen molar-refractivity contribution in [1.82, 2.24) is 4.72 Å². The Morgan fingerprint density at radius 1 is 1.43 bits per heavy atom. The number of amides is 1. The molecule has 3 N–H and O–H groups in total. The quantitative estimate of drug-likeness (QED) is 0.728. The second-order valence-electron chi connectivity index (χ2n) is 2.72. The van der Waals surface area contributed by atoms with Gasteiger partial charge in [-0.3, -0.25) is 9.52 Å². The summed E-state index contributed by atoms with van der Waals surface area (Å²) in [5.41, 5.74) is 6.07. The Kier molecular flexibility index (Phi) is 3.64. The standard InChI is InChI=1S/C9H12N2O2S/c1-2-9(12)11-14(13)8-5-3-7(10)4-6-8/h3-6H,2,10H2,1H3,(H,11,12). The molecule has 76 valence electrons. The van der Waals surface area contributed by atoms with Crippen molar-refractivity contribution >= 4 is 22.6 Å². The zero-order chi connectivity index (χ0) is 10.6. The van der Waals surface area contributed by atoms with Crippen LogP contribution in [0.15, 0.2) is 29.2 Å². The van der Waals surface area contributed by atoms with E-state index in [1.807, 2.05) is 0 Å². The summed E-state index contributed by atoms with van der Waals surface area (Å²) in [6.07, 6.45) is 0.320. The number of benzene rings is 1. The van der Waals surface area contributed by atoms with Crippen LogP contribution >= 0.6 is 0 Å². The van der Waals surface area contributed by atoms with Crippen LogP contribution in [0.3, 0.4) is 0 Å². The Labute approximate surface area is 85.1 Å². The van der Waals surface area contributed by atoms with Crippen LogP contribution in [0.1, 0.15) is 13.3 Å². The molecule has 0 aliphatic carbocycles. The molecule has 1 atom stereocenters. The molecular weight excluding hydrogens is 200 g/mol. The van der Waals surface area contributed by atoms with Gasteiger partial charge in [0, 0.05) is 12.1 Å². The second-order valence-corrected chi connectivity index (χ2v) is 3.93. The lowest BCUT2D eigenvalue weighted by Crippen LogP contribution is -2.24. The lowest BCUT2D eigenvalue weighted by Gasteiger charge is -2.03. The van der Waals surface area contributed by atoms with E-state index >= 15 is 0 Å². The van der Waals surface area contributed by atoms with Gasteiger partial charge in [-0.05, 0) is 24.3 Å². The van der Waals surface area contributed by atoms with E-state index in [9.17, 15) is 9.00 Å². The van der Waals surface area contributed by atoms with Crippen LogP contribution in [-0.2, 0) is 15.8 Å². The predicted octanol–water partition coefficient (Wildman–Crippen LogP) is 0.818. The number of nitrogen functional groups attached to an aromatic ring is 1. The first-order valence-electron chi connectivity index (χ1n) is 4.20. The van der Waals surface area contributed by atoms with Crippen molar-refractivity contribution in [3.8, 4) is 0 Å². The highest BCUT2D eigenvalue weighted by Gasteiger charge is 2.05. The Balaban J connectivity index is 2.70. The summed E-state index contributed by atoms with van der Waals surface area (Å²) in [7, 11) is -1.48. The van der Waals surface area contributed by atoms with Crippen LogP contribution in [0.5, 0.6) is 0 Å². The van der Waals surface area contributed by atoms with Crippen molar-refractivity contribution in [1.29, 1.82) is 0 Å². The lowest BCUT2D eigenvalue weighted by molar-refractivity contribution is -0.118. The highest BCUT2D eigenvalue weighted by Crippen LogP contribution is 2.08. The molecule has 0 aromatic heterocycles. The molecule has 1 aromatic rings. The minimum absolute atomic E-state index is 0.236. The molecule has 0 bridgehead atoms. The molecule has 0 aliphatic rings. The average molecular weight is 212 g/mol. The smallest absolute Gasteiger partial charge is 0.231 e. The molecule has 1 unspecified atom stereocenters. The number of nitrogens with one attached hydrogen (secondary N) is 1. The van der Waals surface area contributed by atoms with E-state index in [4.69, 9.17) is 5.73 Å². The Morgan fingerprint density at radius 2 is 2.00 bits per heavy atom. The highest BCUT2D eigenvalue weighted by molar-refractivity contribution is 7.83. The number of hydrogen-bond acceptors (Lipinski definition) is 3. The molecule has 0 saturated carbocycles. The van der Waals surface area contributed by atoms with Crippen molar-refractivity contribution in [2.75, 3.05) is 5.73 Å². The largest absolute Gasteiger partial charge is 0.399 e. The summed E-state index contributed by atoms with van der Waals surface area (Å²) in [6, 6.07) is 6.54. The molecule has 0 radical (unpaired) electrons. The molecule has 14 heavy (non-hydrogen) atoms. The molecule has 4 nitrogen and oxygen atoms in total. The topological polar surface area (TPSA) is 72.2 Å². The van der Waals surface area contributed by atoms with Gasteiger partial charge in [-0.15, -0.1) is 0 Å². The Hall–Kier alpha value is -1.36. The lowest BCUT2D eigenvalue weighted by atomic mass is 10.3. The highest BCUT2D eigenvalue weighted by atomic mass is 32.2. The fraction of sp³-hybridized carbons (Fsp3) is 0.222. The summed E-state index contributed by atoms with van der Waals surface area (Å²) in [4.78, 5) is 11.5. The van der Waals surface area contributed by atoms with Crippen LogP contribution in [0.2, 0.25) is 0 Å². The molecule has 5 heteroatoms. The van der Waals surface area contributed by atoms with Crippen molar-refractivity contribution in [3.05, 3.63) is 24.3 Å². The van der Waals surface area contributed by atoms with Gasteiger partial charge in [0.15, 0.2) is 11.0 Å². The van der Waals surface area contributed by atoms with Gasteiger partial charge in [0.1, 0.15) is 0 Å².